The molecular weight excluding hydrogens is 322 g/mol. The molecule has 4 heteroatoms. The summed E-state index contributed by atoms with van der Waals surface area (Å²) in [4.78, 5) is 15.2. The van der Waals surface area contributed by atoms with E-state index in [0.717, 1.165) is 36.5 Å². The molecule has 2 aromatic carbocycles. The lowest BCUT2D eigenvalue weighted by Gasteiger charge is -2.30. The van der Waals surface area contributed by atoms with Crippen LogP contribution in [0.5, 0.6) is 0 Å². The van der Waals surface area contributed by atoms with E-state index in [9.17, 15) is 4.79 Å². The smallest absolute Gasteiger partial charge is 0.272 e. The van der Waals surface area contributed by atoms with E-state index in [-0.39, 0.29) is 5.91 Å². The number of aromatic nitrogens is 2. The number of hydrogen-bond acceptors (Lipinski definition) is 2. The first-order valence-electron chi connectivity index (χ1n) is 9.22. The average molecular weight is 345 g/mol. The number of amides is 1. The van der Waals surface area contributed by atoms with E-state index in [1.165, 1.54) is 6.42 Å². The minimum atomic E-state index is 0.0649. The minimum Gasteiger partial charge on any atom is -0.337 e. The molecule has 3 aromatic rings. The Morgan fingerprint density at radius 1 is 1.04 bits per heavy atom. The van der Waals surface area contributed by atoms with E-state index < -0.39 is 0 Å². The van der Waals surface area contributed by atoms with Crippen molar-refractivity contribution >= 4 is 5.91 Å². The van der Waals surface area contributed by atoms with Crippen LogP contribution < -0.4 is 0 Å². The monoisotopic (exact) mass is 345 g/mol. The molecule has 132 valence electrons. The van der Waals surface area contributed by atoms with Crippen molar-refractivity contribution < 1.29 is 4.79 Å². The van der Waals surface area contributed by atoms with Gasteiger partial charge in [-0.3, -0.25) is 4.79 Å². The third-order valence-corrected chi connectivity index (χ3v) is 4.94. The zero-order chi connectivity index (χ0) is 17.9. The topological polar surface area (TPSA) is 38.1 Å². The predicted molar refractivity (Wildman–Crippen MR) is 103 cm³/mol. The molecule has 1 saturated heterocycles. The van der Waals surface area contributed by atoms with Crippen molar-refractivity contribution in [3.63, 3.8) is 0 Å². The Kier molecular flexibility index (Phi) is 4.57. The summed E-state index contributed by atoms with van der Waals surface area (Å²) >= 11 is 0. The van der Waals surface area contributed by atoms with Crippen molar-refractivity contribution in [2.75, 3.05) is 13.1 Å². The van der Waals surface area contributed by atoms with Crippen LogP contribution in [-0.2, 0) is 0 Å². The number of piperidine rings is 1. The van der Waals surface area contributed by atoms with Crippen LogP contribution in [0.4, 0.5) is 0 Å². The molecule has 1 fully saturated rings. The van der Waals surface area contributed by atoms with Crippen LogP contribution in [0.25, 0.3) is 16.9 Å². The van der Waals surface area contributed by atoms with Gasteiger partial charge in [0.25, 0.3) is 5.91 Å². The van der Waals surface area contributed by atoms with Gasteiger partial charge < -0.3 is 4.90 Å². The standard InChI is InChI=1S/C22H23N3O/c1-17-9-8-14-24(16-17)22(26)21-15-20(18-10-4-2-5-11-18)23-25(21)19-12-6-3-7-13-19/h2-7,10-13,15,17H,8-9,14,16H2,1H3/t17-/m0/s1. The van der Waals surface area contributed by atoms with Crippen LogP contribution in [0.3, 0.4) is 0 Å². The van der Waals surface area contributed by atoms with Crippen molar-refractivity contribution in [2.45, 2.75) is 19.8 Å². The lowest BCUT2D eigenvalue weighted by Crippen LogP contribution is -2.39. The summed E-state index contributed by atoms with van der Waals surface area (Å²) in [5, 5.41) is 4.75. The molecule has 2 heterocycles. The van der Waals surface area contributed by atoms with E-state index in [2.05, 4.69) is 6.92 Å². The molecule has 26 heavy (non-hydrogen) atoms. The number of rotatable bonds is 3. The fourth-order valence-corrected chi connectivity index (χ4v) is 3.59. The molecular formula is C22H23N3O. The first-order valence-corrected chi connectivity index (χ1v) is 9.22. The van der Waals surface area contributed by atoms with Gasteiger partial charge in [0.1, 0.15) is 5.69 Å². The summed E-state index contributed by atoms with van der Waals surface area (Å²) in [6.45, 7) is 3.85. The fourth-order valence-electron chi connectivity index (χ4n) is 3.59. The highest BCUT2D eigenvalue weighted by atomic mass is 16.2. The molecule has 4 nitrogen and oxygen atoms in total. The van der Waals surface area contributed by atoms with Crippen LogP contribution in [0.15, 0.2) is 66.7 Å². The van der Waals surface area contributed by atoms with E-state index in [1.807, 2.05) is 71.6 Å². The number of benzene rings is 2. The number of carbonyl (C=O) groups excluding carboxylic acids is 1. The zero-order valence-corrected chi connectivity index (χ0v) is 15.0. The maximum Gasteiger partial charge on any atom is 0.272 e. The number of para-hydroxylation sites is 1. The fraction of sp³-hybridized carbons (Fsp3) is 0.273. The number of nitrogens with zero attached hydrogens (tertiary/aromatic N) is 3. The van der Waals surface area contributed by atoms with Crippen molar-refractivity contribution in [1.82, 2.24) is 14.7 Å². The molecule has 0 unspecified atom stereocenters. The van der Waals surface area contributed by atoms with Crippen molar-refractivity contribution in [3.8, 4) is 16.9 Å². The molecule has 0 radical (unpaired) electrons. The number of carbonyl (C=O) groups is 1. The van der Waals surface area contributed by atoms with Crippen LogP contribution in [0, 0.1) is 5.92 Å². The van der Waals surface area contributed by atoms with Crippen LogP contribution in [-0.4, -0.2) is 33.7 Å². The molecule has 1 atom stereocenters. The second-order valence-corrected chi connectivity index (χ2v) is 7.03. The van der Waals surface area contributed by atoms with Crippen molar-refractivity contribution in [1.29, 1.82) is 0 Å². The molecule has 0 spiro atoms. The van der Waals surface area contributed by atoms with Crippen molar-refractivity contribution in [2.24, 2.45) is 5.92 Å². The Hall–Kier alpha value is -2.88. The first kappa shape index (κ1) is 16.6. The number of hydrogen-bond donors (Lipinski definition) is 0. The molecule has 0 saturated carbocycles. The first-order chi connectivity index (χ1) is 12.7. The quantitative estimate of drug-likeness (QED) is 0.705. The summed E-state index contributed by atoms with van der Waals surface area (Å²) in [6, 6.07) is 21.8. The maximum atomic E-state index is 13.2. The lowest BCUT2D eigenvalue weighted by atomic mass is 10.00. The molecule has 1 aliphatic rings. The highest BCUT2D eigenvalue weighted by Crippen LogP contribution is 2.24. The second kappa shape index (κ2) is 7.16. The van der Waals surface area contributed by atoms with Gasteiger partial charge in [-0.1, -0.05) is 55.5 Å². The minimum absolute atomic E-state index is 0.0649. The van der Waals surface area contributed by atoms with E-state index in [4.69, 9.17) is 5.10 Å². The molecule has 0 aliphatic carbocycles. The van der Waals surface area contributed by atoms with Gasteiger partial charge in [0.15, 0.2) is 0 Å². The SMILES string of the molecule is C[C@H]1CCCN(C(=O)c2cc(-c3ccccc3)nn2-c2ccccc2)C1. The predicted octanol–water partition coefficient (Wildman–Crippen LogP) is 4.41. The average Bonchev–Trinajstić information content (AvgIpc) is 3.14. The van der Waals surface area contributed by atoms with Gasteiger partial charge in [-0.25, -0.2) is 4.68 Å². The normalized spacial score (nSPS) is 17.3. The summed E-state index contributed by atoms with van der Waals surface area (Å²) < 4.78 is 1.78. The van der Waals surface area contributed by atoms with Gasteiger partial charge in [0.05, 0.1) is 11.4 Å². The zero-order valence-electron chi connectivity index (χ0n) is 15.0. The van der Waals surface area contributed by atoms with Gasteiger partial charge in [-0.05, 0) is 37.0 Å². The van der Waals surface area contributed by atoms with E-state index >= 15 is 0 Å². The Balaban J connectivity index is 1.77. The highest BCUT2D eigenvalue weighted by molar-refractivity contribution is 5.94. The van der Waals surface area contributed by atoms with Gasteiger partial charge in [0.2, 0.25) is 0 Å². The Morgan fingerprint density at radius 2 is 1.73 bits per heavy atom. The molecule has 1 aliphatic heterocycles. The van der Waals surface area contributed by atoms with Crippen LogP contribution >= 0.6 is 0 Å². The van der Waals surface area contributed by atoms with Gasteiger partial charge in [0, 0.05) is 18.7 Å². The van der Waals surface area contributed by atoms with Gasteiger partial charge in [-0.15, -0.1) is 0 Å². The van der Waals surface area contributed by atoms with Gasteiger partial charge in [-0.2, -0.15) is 5.10 Å². The Labute approximate surface area is 154 Å². The molecule has 1 amide bonds. The summed E-state index contributed by atoms with van der Waals surface area (Å²) in [7, 11) is 0. The largest absolute Gasteiger partial charge is 0.337 e. The van der Waals surface area contributed by atoms with E-state index in [0.29, 0.717) is 11.6 Å². The molecule has 0 N–H and O–H groups in total. The second-order valence-electron chi connectivity index (χ2n) is 7.03. The number of likely N-dealkylation sites (tertiary alicyclic amines) is 1. The summed E-state index contributed by atoms with van der Waals surface area (Å²) in [5.74, 6) is 0.615. The molecule has 4 rings (SSSR count). The summed E-state index contributed by atoms with van der Waals surface area (Å²) in [6.07, 6.45) is 2.26. The Bertz CT molecular complexity index is 886. The van der Waals surface area contributed by atoms with Crippen molar-refractivity contribution in [3.05, 3.63) is 72.4 Å². The van der Waals surface area contributed by atoms with Crippen LogP contribution in [0.1, 0.15) is 30.3 Å². The third kappa shape index (κ3) is 3.27. The molecule has 1 aromatic heterocycles. The van der Waals surface area contributed by atoms with Gasteiger partial charge >= 0.3 is 0 Å². The maximum absolute atomic E-state index is 13.2. The van der Waals surface area contributed by atoms with Crippen LogP contribution in [0.2, 0.25) is 0 Å². The molecule has 0 bridgehead atoms. The third-order valence-electron chi connectivity index (χ3n) is 4.94. The Morgan fingerprint density at radius 3 is 2.42 bits per heavy atom. The summed E-state index contributed by atoms with van der Waals surface area (Å²) in [5.41, 5.74) is 3.37. The highest BCUT2D eigenvalue weighted by Gasteiger charge is 2.26. The van der Waals surface area contributed by atoms with E-state index in [1.54, 1.807) is 4.68 Å². The lowest BCUT2D eigenvalue weighted by molar-refractivity contribution is 0.0674.